The van der Waals surface area contributed by atoms with Crippen LogP contribution in [-0.4, -0.2) is 51.5 Å². The summed E-state index contributed by atoms with van der Waals surface area (Å²) >= 11 is 0. The topological polar surface area (TPSA) is 89.1 Å². The normalized spacial score (nSPS) is 15.1. The summed E-state index contributed by atoms with van der Waals surface area (Å²) in [5.74, 6) is 0.730. The third kappa shape index (κ3) is 4.97. The zero-order chi connectivity index (χ0) is 20.1. The lowest BCUT2D eigenvalue weighted by atomic mass is 10.1. The number of hydrogen-bond donors (Lipinski definition) is 2. The molecular formula is C21H23N3O5. The molecule has 2 aliphatic rings. The summed E-state index contributed by atoms with van der Waals surface area (Å²) in [6, 6.07) is 13.1. The molecule has 1 fully saturated rings. The van der Waals surface area contributed by atoms with E-state index in [-0.39, 0.29) is 31.6 Å². The molecule has 2 aromatic carbocycles. The number of rotatable bonds is 6. The van der Waals surface area contributed by atoms with Crippen molar-refractivity contribution in [3.8, 4) is 11.5 Å². The van der Waals surface area contributed by atoms with Gasteiger partial charge in [-0.15, -0.1) is 0 Å². The van der Waals surface area contributed by atoms with Crippen LogP contribution >= 0.6 is 0 Å². The molecule has 4 rings (SSSR count). The molecule has 2 heterocycles. The number of nitrogens with one attached hydrogen (secondary N) is 2. The van der Waals surface area contributed by atoms with Gasteiger partial charge in [0.2, 0.25) is 18.6 Å². The summed E-state index contributed by atoms with van der Waals surface area (Å²) in [4.78, 5) is 26.5. The maximum atomic E-state index is 12.2. The summed E-state index contributed by atoms with van der Waals surface area (Å²) in [6.07, 6.45) is 0.223. The van der Waals surface area contributed by atoms with Crippen molar-refractivity contribution in [3.63, 3.8) is 0 Å². The van der Waals surface area contributed by atoms with Crippen molar-refractivity contribution in [2.75, 3.05) is 49.9 Å². The van der Waals surface area contributed by atoms with Gasteiger partial charge in [-0.05, 0) is 29.8 Å². The quantitative estimate of drug-likeness (QED) is 0.769. The Morgan fingerprint density at radius 1 is 0.931 bits per heavy atom. The molecule has 8 heteroatoms. The summed E-state index contributed by atoms with van der Waals surface area (Å²) in [5, 5.41) is 5.38. The Labute approximate surface area is 168 Å². The highest BCUT2D eigenvalue weighted by molar-refractivity contribution is 5.95. The Hall–Kier alpha value is -3.26. The van der Waals surface area contributed by atoms with E-state index in [1.165, 1.54) is 0 Å². The number of ether oxygens (including phenoxy) is 3. The molecule has 0 unspecified atom stereocenters. The highest BCUT2D eigenvalue weighted by Gasteiger charge is 2.15. The summed E-state index contributed by atoms with van der Waals surface area (Å²) < 4.78 is 15.9. The van der Waals surface area contributed by atoms with Crippen molar-refractivity contribution in [1.82, 2.24) is 5.32 Å². The van der Waals surface area contributed by atoms with Crippen molar-refractivity contribution in [1.29, 1.82) is 0 Å². The molecule has 0 aliphatic carbocycles. The summed E-state index contributed by atoms with van der Waals surface area (Å²) in [7, 11) is 0. The van der Waals surface area contributed by atoms with E-state index in [9.17, 15) is 9.59 Å². The van der Waals surface area contributed by atoms with Gasteiger partial charge in [0.25, 0.3) is 0 Å². The van der Waals surface area contributed by atoms with E-state index >= 15 is 0 Å². The molecule has 0 saturated carbocycles. The Morgan fingerprint density at radius 3 is 2.48 bits per heavy atom. The van der Waals surface area contributed by atoms with Crippen LogP contribution in [0, 0.1) is 0 Å². The van der Waals surface area contributed by atoms with E-state index in [1.54, 1.807) is 18.2 Å². The first-order valence-electron chi connectivity index (χ1n) is 9.55. The number of anilines is 2. The van der Waals surface area contributed by atoms with Crippen LogP contribution in [0.1, 0.15) is 5.56 Å². The maximum Gasteiger partial charge on any atom is 0.243 e. The third-order valence-corrected chi connectivity index (χ3v) is 4.78. The summed E-state index contributed by atoms with van der Waals surface area (Å²) in [5.41, 5.74) is 2.61. The highest BCUT2D eigenvalue weighted by Crippen LogP contribution is 2.34. The molecule has 8 nitrogen and oxygen atoms in total. The predicted molar refractivity (Wildman–Crippen MR) is 107 cm³/mol. The van der Waals surface area contributed by atoms with Gasteiger partial charge >= 0.3 is 0 Å². The van der Waals surface area contributed by atoms with E-state index in [0.29, 0.717) is 17.2 Å². The number of morpholine rings is 1. The lowest BCUT2D eigenvalue weighted by molar-refractivity contribution is -0.123. The molecule has 0 aromatic heterocycles. The number of hydrogen-bond acceptors (Lipinski definition) is 6. The van der Waals surface area contributed by atoms with Crippen molar-refractivity contribution in [2.45, 2.75) is 6.42 Å². The minimum atomic E-state index is -0.306. The standard InChI is InChI=1S/C21H23N3O5/c25-20(11-15-1-4-17(5-2-15)24-7-9-27-10-8-24)22-13-21(26)23-16-3-6-18-19(12-16)29-14-28-18/h1-6,12H,7-11,13-14H2,(H,22,25)(H,23,26). The molecule has 2 aliphatic heterocycles. The van der Waals surface area contributed by atoms with Crippen LogP contribution in [0.5, 0.6) is 11.5 Å². The molecule has 1 saturated heterocycles. The average molecular weight is 397 g/mol. The molecule has 2 amide bonds. The monoisotopic (exact) mass is 397 g/mol. The molecule has 0 atom stereocenters. The van der Waals surface area contributed by atoms with Crippen molar-refractivity contribution >= 4 is 23.2 Å². The largest absolute Gasteiger partial charge is 0.454 e. The van der Waals surface area contributed by atoms with Gasteiger partial charge < -0.3 is 29.7 Å². The van der Waals surface area contributed by atoms with Gasteiger partial charge in [0.1, 0.15) is 0 Å². The fourth-order valence-electron chi connectivity index (χ4n) is 3.25. The molecule has 152 valence electrons. The van der Waals surface area contributed by atoms with Gasteiger partial charge in [-0.25, -0.2) is 0 Å². The number of nitrogens with zero attached hydrogens (tertiary/aromatic N) is 1. The van der Waals surface area contributed by atoms with Gasteiger partial charge in [-0.3, -0.25) is 9.59 Å². The van der Waals surface area contributed by atoms with Crippen LogP contribution in [-0.2, 0) is 20.7 Å². The second kappa shape index (κ2) is 8.83. The molecule has 2 N–H and O–H groups in total. The number of amides is 2. The zero-order valence-electron chi connectivity index (χ0n) is 16.0. The first-order valence-corrected chi connectivity index (χ1v) is 9.55. The van der Waals surface area contributed by atoms with E-state index in [2.05, 4.69) is 15.5 Å². The number of benzene rings is 2. The van der Waals surface area contributed by atoms with E-state index in [1.807, 2.05) is 24.3 Å². The predicted octanol–water partition coefficient (Wildman–Crippen LogP) is 1.55. The first-order chi connectivity index (χ1) is 14.2. The highest BCUT2D eigenvalue weighted by atomic mass is 16.7. The summed E-state index contributed by atoms with van der Waals surface area (Å²) in [6.45, 7) is 3.29. The van der Waals surface area contributed by atoms with E-state index in [0.717, 1.165) is 37.6 Å². The van der Waals surface area contributed by atoms with E-state index in [4.69, 9.17) is 14.2 Å². The van der Waals surface area contributed by atoms with Gasteiger partial charge in [0.15, 0.2) is 11.5 Å². The fraction of sp³-hybridized carbons (Fsp3) is 0.333. The molecular weight excluding hydrogens is 374 g/mol. The first kappa shape index (κ1) is 19.1. The lowest BCUT2D eigenvalue weighted by Crippen LogP contribution is -2.36. The van der Waals surface area contributed by atoms with Crippen LogP contribution in [0.3, 0.4) is 0 Å². The zero-order valence-corrected chi connectivity index (χ0v) is 16.0. The minimum absolute atomic E-state index is 0.0981. The second-order valence-electron chi connectivity index (χ2n) is 6.84. The van der Waals surface area contributed by atoms with E-state index < -0.39 is 0 Å². The van der Waals surface area contributed by atoms with Crippen LogP contribution in [0.4, 0.5) is 11.4 Å². The fourth-order valence-corrected chi connectivity index (χ4v) is 3.25. The smallest absolute Gasteiger partial charge is 0.243 e. The molecule has 2 aromatic rings. The van der Waals surface area contributed by atoms with Crippen LogP contribution < -0.4 is 25.0 Å². The van der Waals surface area contributed by atoms with Gasteiger partial charge in [0.05, 0.1) is 26.2 Å². The Balaban J connectivity index is 1.22. The molecule has 29 heavy (non-hydrogen) atoms. The van der Waals surface area contributed by atoms with Gasteiger partial charge in [0, 0.05) is 30.5 Å². The molecule has 0 bridgehead atoms. The van der Waals surface area contributed by atoms with Crippen molar-refractivity contribution < 1.29 is 23.8 Å². The lowest BCUT2D eigenvalue weighted by Gasteiger charge is -2.28. The Morgan fingerprint density at radius 2 is 1.69 bits per heavy atom. The van der Waals surface area contributed by atoms with Crippen molar-refractivity contribution in [2.24, 2.45) is 0 Å². The van der Waals surface area contributed by atoms with Crippen LogP contribution in [0.15, 0.2) is 42.5 Å². The van der Waals surface area contributed by atoms with Crippen LogP contribution in [0.2, 0.25) is 0 Å². The van der Waals surface area contributed by atoms with Gasteiger partial charge in [-0.2, -0.15) is 0 Å². The molecule has 0 radical (unpaired) electrons. The SMILES string of the molecule is O=C(Cc1ccc(N2CCOCC2)cc1)NCC(=O)Nc1ccc2c(c1)OCO2. The Kier molecular flexibility index (Phi) is 5.81. The number of fused-ring (bicyclic) bond motifs is 1. The Bertz CT molecular complexity index is 878. The maximum absolute atomic E-state index is 12.2. The van der Waals surface area contributed by atoms with Crippen LogP contribution in [0.25, 0.3) is 0 Å². The van der Waals surface area contributed by atoms with Crippen molar-refractivity contribution in [3.05, 3.63) is 48.0 Å². The number of carbonyl (C=O) groups excluding carboxylic acids is 2. The average Bonchev–Trinajstić information content (AvgIpc) is 3.21. The third-order valence-electron chi connectivity index (χ3n) is 4.78. The van der Waals surface area contributed by atoms with Gasteiger partial charge in [-0.1, -0.05) is 12.1 Å². The number of carbonyl (C=O) groups is 2. The second-order valence-corrected chi connectivity index (χ2v) is 6.84. The minimum Gasteiger partial charge on any atom is -0.454 e. The molecule has 0 spiro atoms.